The van der Waals surface area contributed by atoms with E-state index in [1.165, 1.54) is 24.0 Å². The van der Waals surface area contributed by atoms with E-state index in [-0.39, 0.29) is 0 Å². The van der Waals surface area contributed by atoms with Crippen molar-refractivity contribution in [2.75, 3.05) is 0 Å². The molecular weight excluding hydrogens is 230 g/mol. The Hall–Kier alpha value is -2.07. The molecule has 2 aromatic carbocycles. The van der Waals surface area contributed by atoms with Gasteiger partial charge in [0.25, 0.3) is 0 Å². The molecule has 0 saturated carbocycles. The van der Waals surface area contributed by atoms with Crippen molar-refractivity contribution in [3.8, 4) is 17.2 Å². The highest BCUT2D eigenvalue weighted by Gasteiger charge is 2.13. The van der Waals surface area contributed by atoms with Gasteiger partial charge in [-0.3, -0.25) is 0 Å². The van der Waals surface area contributed by atoms with Gasteiger partial charge in [-0.1, -0.05) is 62.7 Å². The Kier molecular flexibility index (Phi) is 4.36. The zero-order chi connectivity index (χ0) is 13.7. The molecule has 1 unspecified atom stereocenters. The summed E-state index contributed by atoms with van der Waals surface area (Å²) < 4.78 is 0. The van der Waals surface area contributed by atoms with Crippen LogP contribution in [-0.2, 0) is 0 Å². The minimum absolute atomic E-state index is 0.521. The van der Waals surface area contributed by atoms with Crippen LogP contribution in [0.3, 0.4) is 0 Å². The summed E-state index contributed by atoms with van der Waals surface area (Å²) >= 11 is 0. The van der Waals surface area contributed by atoms with Crippen LogP contribution in [0, 0.1) is 11.3 Å². The molecular formula is C18H19N. The molecule has 0 fully saturated rings. The van der Waals surface area contributed by atoms with Gasteiger partial charge < -0.3 is 0 Å². The molecule has 0 aliphatic carbocycles. The topological polar surface area (TPSA) is 23.8 Å². The fourth-order valence-corrected chi connectivity index (χ4v) is 2.58. The molecule has 0 aliphatic rings. The van der Waals surface area contributed by atoms with Gasteiger partial charge in [-0.05, 0) is 35.1 Å². The average molecular weight is 249 g/mol. The number of nitrogens with zero attached hydrogens (tertiary/aromatic N) is 1. The van der Waals surface area contributed by atoms with Crippen molar-refractivity contribution in [3.63, 3.8) is 0 Å². The fourth-order valence-electron chi connectivity index (χ4n) is 2.58. The van der Waals surface area contributed by atoms with Crippen LogP contribution in [0.5, 0.6) is 0 Å². The normalized spacial score (nSPS) is 11.8. The van der Waals surface area contributed by atoms with Crippen LogP contribution in [0.25, 0.3) is 11.1 Å². The predicted molar refractivity (Wildman–Crippen MR) is 79.9 cm³/mol. The second kappa shape index (κ2) is 6.20. The highest BCUT2D eigenvalue weighted by molar-refractivity contribution is 5.73. The Morgan fingerprint density at radius 1 is 1.00 bits per heavy atom. The second-order valence-electron chi connectivity index (χ2n) is 4.93. The molecule has 2 aromatic rings. The van der Waals surface area contributed by atoms with Gasteiger partial charge in [-0.15, -0.1) is 0 Å². The maximum absolute atomic E-state index is 9.26. The third-order valence-electron chi connectivity index (χ3n) is 3.55. The third kappa shape index (κ3) is 2.85. The zero-order valence-electron chi connectivity index (χ0n) is 11.6. The number of hydrogen-bond acceptors (Lipinski definition) is 1. The summed E-state index contributed by atoms with van der Waals surface area (Å²) in [7, 11) is 0. The van der Waals surface area contributed by atoms with Crippen LogP contribution >= 0.6 is 0 Å². The molecule has 0 amide bonds. The summed E-state index contributed by atoms with van der Waals surface area (Å²) in [6, 6.07) is 18.6. The van der Waals surface area contributed by atoms with Gasteiger partial charge in [0, 0.05) is 0 Å². The molecule has 1 heteroatoms. The Bertz CT molecular complexity index is 593. The lowest BCUT2D eigenvalue weighted by Gasteiger charge is -2.16. The van der Waals surface area contributed by atoms with Crippen LogP contribution in [0.2, 0.25) is 0 Å². The lowest BCUT2D eigenvalue weighted by molar-refractivity contribution is 0.666. The first kappa shape index (κ1) is 13.4. The minimum Gasteiger partial charge on any atom is -0.192 e. The van der Waals surface area contributed by atoms with Crippen molar-refractivity contribution in [2.45, 2.75) is 32.6 Å². The average Bonchev–Trinajstić information content (AvgIpc) is 2.47. The van der Waals surface area contributed by atoms with Crippen molar-refractivity contribution in [1.29, 1.82) is 5.26 Å². The first-order valence-corrected chi connectivity index (χ1v) is 6.86. The molecule has 0 saturated heterocycles. The molecule has 96 valence electrons. The summed E-state index contributed by atoms with van der Waals surface area (Å²) in [4.78, 5) is 0. The number of hydrogen-bond donors (Lipinski definition) is 0. The van der Waals surface area contributed by atoms with Gasteiger partial charge in [0.1, 0.15) is 0 Å². The van der Waals surface area contributed by atoms with Crippen molar-refractivity contribution < 1.29 is 0 Å². The number of nitriles is 1. The van der Waals surface area contributed by atoms with Gasteiger partial charge in [0.05, 0.1) is 11.6 Å². The molecule has 1 atom stereocenters. The van der Waals surface area contributed by atoms with E-state index in [0.717, 1.165) is 11.1 Å². The Labute approximate surface area is 115 Å². The van der Waals surface area contributed by atoms with Gasteiger partial charge in [-0.25, -0.2) is 0 Å². The Balaban J connectivity index is 2.54. The summed E-state index contributed by atoms with van der Waals surface area (Å²) in [5.41, 5.74) is 4.33. The lowest BCUT2D eigenvalue weighted by atomic mass is 9.88. The van der Waals surface area contributed by atoms with Gasteiger partial charge >= 0.3 is 0 Å². The van der Waals surface area contributed by atoms with Crippen molar-refractivity contribution in [3.05, 3.63) is 59.7 Å². The van der Waals surface area contributed by atoms with Crippen LogP contribution in [0.15, 0.2) is 48.5 Å². The standard InChI is InChI=1S/C18H19N/c1-3-8-14(2)16-10-6-7-12-18(16)17-11-5-4-9-15(17)13-19/h4-7,9-12,14H,3,8H2,1-2H3. The first-order valence-electron chi connectivity index (χ1n) is 6.86. The number of benzene rings is 2. The van der Waals surface area contributed by atoms with E-state index in [1.54, 1.807) is 0 Å². The largest absolute Gasteiger partial charge is 0.192 e. The predicted octanol–water partition coefficient (Wildman–Crippen LogP) is 5.13. The molecule has 0 heterocycles. The number of rotatable bonds is 4. The molecule has 0 bridgehead atoms. The molecule has 0 aliphatic heterocycles. The first-order chi connectivity index (χ1) is 9.27. The molecule has 0 N–H and O–H groups in total. The molecule has 2 rings (SSSR count). The maximum atomic E-state index is 9.26. The summed E-state index contributed by atoms with van der Waals surface area (Å²) in [5, 5.41) is 9.26. The van der Waals surface area contributed by atoms with E-state index in [1.807, 2.05) is 30.3 Å². The van der Waals surface area contributed by atoms with Gasteiger partial charge in [0.15, 0.2) is 0 Å². The van der Waals surface area contributed by atoms with E-state index in [2.05, 4.69) is 38.1 Å². The Morgan fingerprint density at radius 2 is 1.63 bits per heavy atom. The summed E-state index contributed by atoms with van der Waals surface area (Å²) in [6.07, 6.45) is 2.35. The van der Waals surface area contributed by atoms with Gasteiger partial charge in [-0.2, -0.15) is 5.26 Å². The molecule has 19 heavy (non-hydrogen) atoms. The Morgan fingerprint density at radius 3 is 2.32 bits per heavy atom. The van der Waals surface area contributed by atoms with Crippen molar-refractivity contribution in [2.24, 2.45) is 0 Å². The summed E-state index contributed by atoms with van der Waals surface area (Å²) in [5.74, 6) is 0.521. The summed E-state index contributed by atoms with van der Waals surface area (Å²) in [6.45, 7) is 4.47. The molecule has 0 aromatic heterocycles. The zero-order valence-corrected chi connectivity index (χ0v) is 11.6. The van der Waals surface area contributed by atoms with E-state index in [9.17, 15) is 5.26 Å². The monoisotopic (exact) mass is 249 g/mol. The van der Waals surface area contributed by atoms with Crippen LogP contribution < -0.4 is 0 Å². The third-order valence-corrected chi connectivity index (χ3v) is 3.55. The quantitative estimate of drug-likeness (QED) is 0.737. The smallest absolute Gasteiger partial charge is 0.0998 e. The SMILES string of the molecule is CCCC(C)c1ccccc1-c1ccccc1C#N. The second-order valence-corrected chi connectivity index (χ2v) is 4.93. The van der Waals surface area contributed by atoms with E-state index in [4.69, 9.17) is 0 Å². The van der Waals surface area contributed by atoms with Crippen LogP contribution in [0.4, 0.5) is 0 Å². The lowest BCUT2D eigenvalue weighted by Crippen LogP contribution is -1.97. The van der Waals surface area contributed by atoms with Gasteiger partial charge in [0.2, 0.25) is 0 Å². The van der Waals surface area contributed by atoms with Crippen LogP contribution in [0.1, 0.15) is 43.7 Å². The highest BCUT2D eigenvalue weighted by atomic mass is 14.3. The maximum Gasteiger partial charge on any atom is 0.0998 e. The highest BCUT2D eigenvalue weighted by Crippen LogP contribution is 2.33. The van der Waals surface area contributed by atoms with E-state index >= 15 is 0 Å². The van der Waals surface area contributed by atoms with Crippen molar-refractivity contribution >= 4 is 0 Å². The van der Waals surface area contributed by atoms with E-state index in [0.29, 0.717) is 5.92 Å². The molecule has 0 spiro atoms. The van der Waals surface area contributed by atoms with Crippen LogP contribution in [-0.4, -0.2) is 0 Å². The molecule has 1 nitrogen and oxygen atoms in total. The molecule has 0 radical (unpaired) electrons. The fraction of sp³-hybridized carbons (Fsp3) is 0.278. The van der Waals surface area contributed by atoms with E-state index < -0.39 is 0 Å². The minimum atomic E-state index is 0.521. The van der Waals surface area contributed by atoms with Crippen molar-refractivity contribution in [1.82, 2.24) is 0 Å².